The molecule has 154 valence electrons. The van der Waals surface area contributed by atoms with Crippen molar-refractivity contribution in [3.63, 3.8) is 0 Å². The molecule has 0 atom stereocenters. The summed E-state index contributed by atoms with van der Waals surface area (Å²) in [4.78, 5) is 18.6. The molecular formula is C19H22N4O5S. The minimum absolute atomic E-state index is 0.0345. The largest absolute Gasteiger partial charge is 0.481 e. The van der Waals surface area contributed by atoms with Crippen LogP contribution >= 0.6 is 0 Å². The van der Waals surface area contributed by atoms with Crippen LogP contribution in [0.3, 0.4) is 0 Å². The van der Waals surface area contributed by atoms with Crippen LogP contribution in [-0.2, 0) is 10.0 Å². The summed E-state index contributed by atoms with van der Waals surface area (Å²) in [7, 11) is -2.23. The number of methoxy groups -OCH3 is 1. The zero-order valence-electron chi connectivity index (χ0n) is 15.9. The van der Waals surface area contributed by atoms with Gasteiger partial charge in [-0.25, -0.2) is 17.9 Å². The van der Waals surface area contributed by atoms with Crippen molar-refractivity contribution in [3.8, 4) is 11.8 Å². The van der Waals surface area contributed by atoms with Gasteiger partial charge in [-0.05, 0) is 31.0 Å². The van der Waals surface area contributed by atoms with E-state index in [2.05, 4.69) is 14.7 Å². The van der Waals surface area contributed by atoms with Crippen molar-refractivity contribution in [2.75, 3.05) is 7.11 Å². The molecule has 0 bridgehead atoms. The Kier molecular flexibility index (Phi) is 5.05. The van der Waals surface area contributed by atoms with Gasteiger partial charge >= 0.3 is 6.09 Å². The summed E-state index contributed by atoms with van der Waals surface area (Å²) in [6.07, 6.45) is 3.90. The van der Waals surface area contributed by atoms with E-state index in [0.717, 1.165) is 32.1 Å². The summed E-state index contributed by atoms with van der Waals surface area (Å²) in [5.74, 6) is 0.177. The number of hydrogen-bond acceptors (Lipinski definition) is 6. The minimum Gasteiger partial charge on any atom is -0.481 e. The number of nitrogens with two attached hydrogens (primary N) is 1. The van der Waals surface area contributed by atoms with E-state index in [-0.39, 0.29) is 22.7 Å². The summed E-state index contributed by atoms with van der Waals surface area (Å²) >= 11 is 0. The fourth-order valence-electron chi connectivity index (χ4n) is 3.77. The summed E-state index contributed by atoms with van der Waals surface area (Å²) < 4.78 is 38.8. The van der Waals surface area contributed by atoms with Gasteiger partial charge in [-0.3, -0.25) is 0 Å². The van der Waals surface area contributed by atoms with Crippen LogP contribution in [0.1, 0.15) is 32.1 Å². The zero-order valence-corrected chi connectivity index (χ0v) is 16.7. The standard InChI is InChI=1S/C19H22N4O5S/c1-27-16-10-14-13-9-12(29(25,26)23-11-5-3-2-4-6-11)7-8-15(13)21-17(14)18(22-16)28-19(20)24/h7-11,21,23H,2-6H2,1H3,(H2,20,24). The normalized spacial score (nSPS) is 15.6. The number of sulfonamides is 1. The molecule has 1 aromatic carbocycles. The number of pyridine rings is 1. The second-order valence-electron chi connectivity index (χ2n) is 7.10. The predicted molar refractivity (Wildman–Crippen MR) is 108 cm³/mol. The molecule has 0 radical (unpaired) electrons. The second kappa shape index (κ2) is 7.53. The monoisotopic (exact) mass is 418 g/mol. The highest BCUT2D eigenvalue weighted by Gasteiger charge is 2.23. The molecule has 0 unspecified atom stereocenters. The molecule has 3 aromatic rings. The molecule has 0 aliphatic heterocycles. The van der Waals surface area contributed by atoms with E-state index in [1.165, 1.54) is 7.11 Å². The topological polar surface area (TPSA) is 136 Å². The first-order valence-corrected chi connectivity index (χ1v) is 10.9. The molecule has 10 heteroatoms. The van der Waals surface area contributed by atoms with Crippen molar-refractivity contribution in [1.82, 2.24) is 14.7 Å². The third-order valence-corrected chi connectivity index (χ3v) is 6.67. The average Bonchev–Trinajstić information content (AvgIpc) is 3.06. The Balaban J connectivity index is 1.80. The van der Waals surface area contributed by atoms with E-state index in [9.17, 15) is 13.2 Å². The van der Waals surface area contributed by atoms with Crippen molar-refractivity contribution in [1.29, 1.82) is 0 Å². The smallest absolute Gasteiger partial charge is 0.411 e. The van der Waals surface area contributed by atoms with Crippen LogP contribution in [0, 0.1) is 0 Å². The Morgan fingerprint density at radius 3 is 2.66 bits per heavy atom. The van der Waals surface area contributed by atoms with Gasteiger partial charge in [0.25, 0.3) is 5.88 Å². The number of amides is 1. The molecular weight excluding hydrogens is 396 g/mol. The first kappa shape index (κ1) is 19.5. The number of carbonyl (C=O) groups is 1. The van der Waals surface area contributed by atoms with Gasteiger partial charge in [0, 0.05) is 28.4 Å². The molecule has 2 heterocycles. The fraction of sp³-hybridized carbons (Fsp3) is 0.368. The maximum Gasteiger partial charge on any atom is 0.411 e. The molecule has 2 aromatic heterocycles. The Labute approximate surface area is 167 Å². The number of benzene rings is 1. The molecule has 1 saturated carbocycles. The number of aromatic amines is 1. The van der Waals surface area contributed by atoms with Crippen molar-refractivity contribution in [2.24, 2.45) is 5.73 Å². The van der Waals surface area contributed by atoms with Crippen LogP contribution in [0.2, 0.25) is 0 Å². The number of ether oxygens (including phenoxy) is 2. The molecule has 1 aliphatic rings. The fourth-order valence-corrected chi connectivity index (χ4v) is 5.10. The van der Waals surface area contributed by atoms with Crippen LogP contribution in [-0.4, -0.2) is 37.6 Å². The second-order valence-corrected chi connectivity index (χ2v) is 8.82. The molecule has 1 fully saturated rings. The number of hydrogen-bond donors (Lipinski definition) is 3. The number of fused-ring (bicyclic) bond motifs is 3. The first-order chi connectivity index (χ1) is 13.9. The van der Waals surface area contributed by atoms with Crippen LogP contribution in [0.5, 0.6) is 11.8 Å². The van der Waals surface area contributed by atoms with Crippen LogP contribution in [0.15, 0.2) is 29.2 Å². The lowest BCUT2D eigenvalue weighted by atomic mass is 9.96. The number of rotatable bonds is 5. The Morgan fingerprint density at radius 2 is 1.97 bits per heavy atom. The number of H-pyrrole nitrogens is 1. The average molecular weight is 418 g/mol. The van der Waals surface area contributed by atoms with Crippen LogP contribution < -0.4 is 19.9 Å². The van der Waals surface area contributed by atoms with Crippen molar-refractivity contribution < 1.29 is 22.7 Å². The van der Waals surface area contributed by atoms with Gasteiger partial charge in [0.1, 0.15) is 5.52 Å². The van der Waals surface area contributed by atoms with Crippen LogP contribution in [0.4, 0.5) is 4.79 Å². The van der Waals surface area contributed by atoms with Gasteiger partial charge in [-0.1, -0.05) is 19.3 Å². The van der Waals surface area contributed by atoms with E-state index in [1.54, 1.807) is 24.3 Å². The Bertz CT molecular complexity index is 1180. The number of aromatic nitrogens is 2. The molecule has 4 rings (SSSR count). The van der Waals surface area contributed by atoms with Crippen molar-refractivity contribution in [3.05, 3.63) is 24.3 Å². The van der Waals surface area contributed by atoms with E-state index in [0.29, 0.717) is 21.8 Å². The van der Waals surface area contributed by atoms with Gasteiger partial charge in [-0.15, -0.1) is 0 Å². The molecule has 0 spiro atoms. The highest BCUT2D eigenvalue weighted by molar-refractivity contribution is 7.89. The quantitative estimate of drug-likeness (QED) is 0.583. The number of carbonyl (C=O) groups excluding carboxylic acids is 1. The minimum atomic E-state index is -3.66. The number of nitrogens with zero attached hydrogens (tertiary/aromatic N) is 1. The van der Waals surface area contributed by atoms with Gasteiger partial charge in [-0.2, -0.15) is 4.98 Å². The lowest BCUT2D eigenvalue weighted by Gasteiger charge is -2.22. The van der Waals surface area contributed by atoms with E-state index >= 15 is 0 Å². The third kappa shape index (κ3) is 3.85. The van der Waals surface area contributed by atoms with Gasteiger partial charge in [0.15, 0.2) is 0 Å². The number of primary amides is 1. The van der Waals surface area contributed by atoms with Gasteiger partial charge in [0.2, 0.25) is 15.9 Å². The molecule has 1 amide bonds. The molecule has 1 aliphatic carbocycles. The van der Waals surface area contributed by atoms with Gasteiger partial charge < -0.3 is 20.2 Å². The number of nitrogens with one attached hydrogen (secondary N) is 2. The summed E-state index contributed by atoms with van der Waals surface area (Å²) in [5.41, 5.74) is 6.22. The van der Waals surface area contributed by atoms with Crippen molar-refractivity contribution in [2.45, 2.75) is 43.0 Å². The lowest BCUT2D eigenvalue weighted by Crippen LogP contribution is -2.36. The summed E-state index contributed by atoms with van der Waals surface area (Å²) in [6.45, 7) is 0. The summed E-state index contributed by atoms with van der Waals surface area (Å²) in [6, 6.07) is 6.42. The highest BCUT2D eigenvalue weighted by atomic mass is 32.2. The maximum atomic E-state index is 12.9. The molecule has 0 saturated heterocycles. The zero-order chi connectivity index (χ0) is 20.6. The van der Waals surface area contributed by atoms with E-state index in [1.807, 2.05) is 0 Å². The Hall–Kier alpha value is -2.85. The molecule has 9 nitrogen and oxygen atoms in total. The first-order valence-electron chi connectivity index (χ1n) is 9.37. The van der Waals surface area contributed by atoms with Gasteiger partial charge in [0.05, 0.1) is 12.0 Å². The highest BCUT2D eigenvalue weighted by Crippen LogP contribution is 2.34. The SMILES string of the molecule is COc1cc2c([nH]c3ccc(S(=O)(=O)NC4CCCCC4)cc32)c(OC(N)=O)n1. The molecule has 4 N–H and O–H groups in total. The maximum absolute atomic E-state index is 12.9. The van der Waals surface area contributed by atoms with Crippen molar-refractivity contribution >= 4 is 37.9 Å². The molecule has 29 heavy (non-hydrogen) atoms. The van der Waals surface area contributed by atoms with E-state index in [4.69, 9.17) is 15.2 Å². The third-order valence-electron chi connectivity index (χ3n) is 5.15. The summed E-state index contributed by atoms with van der Waals surface area (Å²) in [5, 5.41) is 1.25. The Morgan fingerprint density at radius 1 is 1.21 bits per heavy atom. The van der Waals surface area contributed by atoms with E-state index < -0.39 is 16.1 Å². The lowest BCUT2D eigenvalue weighted by molar-refractivity contribution is 0.209. The predicted octanol–water partition coefficient (Wildman–Crippen LogP) is 2.79. The van der Waals surface area contributed by atoms with Crippen LogP contribution in [0.25, 0.3) is 21.8 Å².